The standard InChI is InChI=1S/C17H21NO5/c1-21-14-7-5-13(11-15(14)22-2)6-8-17(20)23-12-16(19)18-9-3-4-10-18/h5-8,11H,3-4,9-10,12H2,1-2H3. The number of amides is 1. The summed E-state index contributed by atoms with van der Waals surface area (Å²) in [5.41, 5.74) is 0.769. The van der Waals surface area contributed by atoms with Gasteiger partial charge in [0.15, 0.2) is 18.1 Å². The molecule has 0 aliphatic carbocycles. The predicted octanol–water partition coefficient (Wildman–Crippen LogP) is 1.88. The van der Waals surface area contributed by atoms with Crippen molar-refractivity contribution >= 4 is 18.0 Å². The molecule has 0 saturated carbocycles. The van der Waals surface area contributed by atoms with Crippen molar-refractivity contribution in [1.29, 1.82) is 0 Å². The van der Waals surface area contributed by atoms with E-state index in [1.165, 1.54) is 6.08 Å². The van der Waals surface area contributed by atoms with E-state index in [9.17, 15) is 9.59 Å². The molecule has 0 unspecified atom stereocenters. The molecule has 1 aliphatic heterocycles. The van der Waals surface area contributed by atoms with E-state index in [0.717, 1.165) is 31.5 Å². The van der Waals surface area contributed by atoms with Crippen molar-refractivity contribution in [2.24, 2.45) is 0 Å². The Morgan fingerprint density at radius 2 is 1.83 bits per heavy atom. The average Bonchev–Trinajstić information content (AvgIpc) is 3.12. The monoisotopic (exact) mass is 319 g/mol. The van der Waals surface area contributed by atoms with Crippen LogP contribution in [0, 0.1) is 0 Å². The molecule has 124 valence electrons. The van der Waals surface area contributed by atoms with Gasteiger partial charge in [0.25, 0.3) is 5.91 Å². The topological polar surface area (TPSA) is 65.1 Å². The Labute approximate surface area is 135 Å². The van der Waals surface area contributed by atoms with Crippen molar-refractivity contribution in [3.8, 4) is 11.5 Å². The van der Waals surface area contributed by atoms with Crippen LogP contribution in [0.15, 0.2) is 24.3 Å². The highest BCUT2D eigenvalue weighted by Crippen LogP contribution is 2.27. The number of hydrogen-bond donors (Lipinski definition) is 0. The number of methoxy groups -OCH3 is 2. The van der Waals surface area contributed by atoms with Crippen molar-refractivity contribution in [2.75, 3.05) is 33.9 Å². The maximum atomic E-state index is 11.8. The number of ether oxygens (including phenoxy) is 3. The molecule has 1 aromatic carbocycles. The third kappa shape index (κ3) is 4.74. The fraction of sp³-hybridized carbons (Fsp3) is 0.412. The number of hydrogen-bond acceptors (Lipinski definition) is 5. The second kappa shape index (κ2) is 8.22. The van der Waals surface area contributed by atoms with E-state index in [-0.39, 0.29) is 12.5 Å². The molecule has 23 heavy (non-hydrogen) atoms. The molecule has 2 rings (SSSR count). The molecule has 1 aliphatic rings. The van der Waals surface area contributed by atoms with Crippen molar-refractivity contribution in [2.45, 2.75) is 12.8 Å². The van der Waals surface area contributed by atoms with Gasteiger partial charge in [-0.1, -0.05) is 6.07 Å². The Kier molecular flexibility index (Phi) is 6.02. The highest BCUT2D eigenvalue weighted by molar-refractivity contribution is 5.89. The molecule has 0 atom stereocenters. The molecule has 1 amide bonds. The van der Waals surface area contributed by atoms with Crippen LogP contribution in [0.2, 0.25) is 0 Å². The van der Waals surface area contributed by atoms with Gasteiger partial charge in [0.2, 0.25) is 0 Å². The SMILES string of the molecule is COc1ccc(C=CC(=O)OCC(=O)N2CCCC2)cc1OC. The van der Waals surface area contributed by atoms with Crippen LogP contribution in [0.3, 0.4) is 0 Å². The number of likely N-dealkylation sites (tertiary alicyclic amines) is 1. The minimum absolute atomic E-state index is 0.143. The first kappa shape index (κ1) is 16.9. The van der Waals surface area contributed by atoms with Crippen molar-refractivity contribution in [3.05, 3.63) is 29.8 Å². The van der Waals surface area contributed by atoms with E-state index in [1.54, 1.807) is 43.4 Å². The van der Waals surface area contributed by atoms with Crippen LogP contribution in [-0.4, -0.2) is 50.7 Å². The lowest BCUT2D eigenvalue weighted by Gasteiger charge is -2.14. The number of esters is 1. The summed E-state index contributed by atoms with van der Waals surface area (Å²) in [5, 5.41) is 0. The fourth-order valence-corrected chi connectivity index (χ4v) is 2.36. The average molecular weight is 319 g/mol. The van der Waals surface area contributed by atoms with Gasteiger partial charge in [0.1, 0.15) is 0 Å². The zero-order chi connectivity index (χ0) is 16.7. The number of benzene rings is 1. The fourth-order valence-electron chi connectivity index (χ4n) is 2.36. The Hall–Kier alpha value is -2.50. The molecule has 1 aromatic rings. The van der Waals surface area contributed by atoms with Gasteiger partial charge < -0.3 is 19.1 Å². The Morgan fingerprint density at radius 3 is 2.48 bits per heavy atom. The highest BCUT2D eigenvalue weighted by Gasteiger charge is 2.18. The van der Waals surface area contributed by atoms with Crippen LogP contribution in [0.5, 0.6) is 11.5 Å². The Morgan fingerprint density at radius 1 is 1.13 bits per heavy atom. The van der Waals surface area contributed by atoms with Gasteiger partial charge in [0, 0.05) is 19.2 Å². The molecular formula is C17H21NO5. The largest absolute Gasteiger partial charge is 0.493 e. The zero-order valence-electron chi connectivity index (χ0n) is 13.4. The van der Waals surface area contributed by atoms with E-state index >= 15 is 0 Å². The van der Waals surface area contributed by atoms with E-state index in [0.29, 0.717) is 11.5 Å². The summed E-state index contributed by atoms with van der Waals surface area (Å²) in [7, 11) is 3.10. The molecule has 0 N–H and O–H groups in total. The predicted molar refractivity (Wildman–Crippen MR) is 85.4 cm³/mol. The van der Waals surface area contributed by atoms with Crippen LogP contribution in [0.4, 0.5) is 0 Å². The number of carbonyl (C=O) groups excluding carboxylic acids is 2. The first-order chi connectivity index (χ1) is 11.1. The lowest BCUT2D eigenvalue weighted by molar-refractivity contribution is -0.147. The third-order valence-electron chi connectivity index (χ3n) is 3.62. The number of rotatable bonds is 6. The second-order valence-corrected chi connectivity index (χ2v) is 5.14. The summed E-state index contributed by atoms with van der Waals surface area (Å²) in [6, 6.07) is 5.29. The minimum Gasteiger partial charge on any atom is -0.493 e. The highest BCUT2D eigenvalue weighted by atomic mass is 16.5. The number of nitrogens with zero attached hydrogens (tertiary/aromatic N) is 1. The minimum atomic E-state index is -0.549. The third-order valence-corrected chi connectivity index (χ3v) is 3.62. The molecule has 0 bridgehead atoms. The second-order valence-electron chi connectivity index (χ2n) is 5.14. The van der Waals surface area contributed by atoms with E-state index in [2.05, 4.69) is 0 Å². The molecule has 1 saturated heterocycles. The first-order valence-electron chi connectivity index (χ1n) is 7.48. The van der Waals surface area contributed by atoms with Crippen LogP contribution in [0.1, 0.15) is 18.4 Å². The van der Waals surface area contributed by atoms with Crippen molar-refractivity contribution in [1.82, 2.24) is 4.90 Å². The van der Waals surface area contributed by atoms with Crippen LogP contribution < -0.4 is 9.47 Å². The maximum absolute atomic E-state index is 11.8. The van der Waals surface area contributed by atoms with Crippen LogP contribution in [0.25, 0.3) is 6.08 Å². The normalized spacial score (nSPS) is 14.1. The van der Waals surface area contributed by atoms with Crippen molar-refractivity contribution < 1.29 is 23.8 Å². The van der Waals surface area contributed by atoms with Gasteiger partial charge in [-0.25, -0.2) is 4.79 Å². The summed E-state index contributed by atoms with van der Waals surface area (Å²) in [6.45, 7) is 1.28. The Bertz CT molecular complexity index is 591. The lowest BCUT2D eigenvalue weighted by Crippen LogP contribution is -2.31. The van der Waals surface area contributed by atoms with Crippen LogP contribution >= 0.6 is 0 Å². The van der Waals surface area contributed by atoms with Gasteiger partial charge >= 0.3 is 5.97 Å². The molecule has 0 aromatic heterocycles. The molecule has 1 fully saturated rings. The first-order valence-corrected chi connectivity index (χ1v) is 7.48. The lowest BCUT2D eigenvalue weighted by atomic mass is 10.2. The summed E-state index contributed by atoms with van der Waals surface area (Å²) in [5.74, 6) is 0.498. The molecule has 6 heteroatoms. The summed E-state index contributed by atoms with van der Waals surface area (Å²) >= 11 is 0. The summed E-state index contributed by atoms with van der Waals surface area (Å²) in [6.07, 6.45) is 4.92. The van der Waals surface area contributed by atoms with E-state index in [1.807, 2.05) is 0 Å². The molecule has 0 spiro atoms. The van der Waals surface area contributed by atoms with Gasteiger partial charge in [-0.15, -0.1) is 0 Å². The molecule has 6 nitrogen and oxygen atoms in total. The quantitative estimate of drug-likeness (QED) is 0.592. The van der Waals surface area contributed by atoms with Gasteiger partial charge in [-0.3, -0.25) is 4.79 Å². The number of carbonyl (C=O) groups is 2. The zero-order valence-corrected chi connectivity index (χ0v) is 13.4. The Balaban J connectivity index is 1.86. The smallest absolute Gasteiger partial charge is 0.331 e. The van der Waals surface area contributed by atoms with Gasteiger partial charge in [0.05, 0.1) is 14.2 Å². The van der Waals surface area contributed by atoms with Crippen LogP contribution in [-0.2, 0) is 14.3 Å². The molecule has 1 heterocycles. The summed E-state index contributed by atoms with van der Waals surface area (Å²) < 4.78 is 15.3. The van der Waals surface area contributed by atoms with Crippen molar-refractivity contribution in [3.63, 3.8) is 0 Å². The maximum Gasteiger partial charge on any atom is 0.331 e. The molecule has 0 radical (unpaired) electrons. The molecular weight excluding hydrogens is 298 g/mol. The van der Waals surface area contributed by atoms with Gasteiger partial charge in [-0.2, -0.15) is 0 Å². The van der Waals surface area contributed by atoms with Gasteiger partial charge in [-0.05, 0) is 36.6 Å². The summed E-state index contributed by atoms with van der Waals surface area (Å²) in [4.78, 5) is 25.2. The van der Waals surface area contributed by atoms with E-state index in [4.69, 9.17) is 14.2 Å². The van der Waals surface area contributed by atoms with E-state index < -0.39 is 5.97 Å².